The van der Waals surface area contributed by atoms with Crippen LogP contribution in [0.4, 0.5) is 0 Å². The van der Waals surface area contributed by atoms with Crippen LogP contribution in [-0.4, -0.2) is 48.4 Å². The molecule has 0 saturated carbocycles. The lowest BCUT2D eigenvalue weighted by Gasteiger charge is -2.24. The van der Waals surface area contributed by atoms with Crippen molar-refractivity contribution in [2.45, 2.75) is 32.4 Å². The number of rotatable bonds is 4. The number of carbonyl (C=O) groups is 1. The van der Waals surface area contributed by atoms with Crippen molar-refractivity contribution in [3.05, 3.63) is 0 Å². The van der Waals surface area contributed by atoms with Gasteiger partial charge in [0, 0.05) is 6.54 Å². The highest BCUT2D eigenvalue weighted by Gasteiger charge is 2.61. The Morgan fingerprint density at radius 1 is 1.54 bits per heavy atom. The zero-order valence-corrected chi connectivity index (χ0v) is 9.24. The van der Waals surface area contributed by atoms with Gasteiger partial charge in [-0.15, -0.1) is 0 Å². The van der Waals surface area contributed by atoms with E-state index in [9.17, 15) is 4.79 Å². The normalized spacial score (nSPS) is 32.8. The van der Waals surface area contributed by atoms with Gasteiger partial charge in [0.05, 0.1) is 11.6 Å². The Kier molecular flexibility index (Phi) is 2.66. The molecule has 1 saturated heterocycles. The van der Waals surface area contributed by atoms with E-state index in [2.05, 4.69) is 39.8 Å². The van der Waals surface area contributed by atoms with Crippen molar-refractivity contribution in [2.24, 2.45) is 5.92 Å². The van der Waals surface area contributed by atoms with Crippen LogP contribution >= 0.6 is 0 Å². The third-order valence-corrected chi connectivity index (χ3v) is 3.24. The number of amides is 1. The van der Waals surface area contributed by atoms with E-state index in [1.165, 1.54) is 0 Å². The zero-order valence-electron chi connectivity index (χ0n) is 9.24. The summed E-state index contributed by atoms with van der Waals surface area (Å²) < 4.78 is 0. The summed E-state index contributed by atoms with van der Waals surface area (Å²) in [5.74, 6) is 0.523. The average Bonchev–Trinajstić information content (AvgIpc) is 2.56. The second kappa shape index (κ2) is 3.29. The molecule has 0 radical (unpaired) electrons. The molecule has 1 amide bonds. The first-order chi connectivity index (χ1) is 5.96. The van der Waals surface area contributed by atoms with Gasteiger partial charge in [-0.1, -0.05) is 13.8 Å². The minimum atomic E-state index is 0.0885. The third kappa shape index (κ3) is 1.46. The van der Waals surface area contributed by atoms with Crippen LogP contribution < -0.4 is 0 Å². The molecule has 0 bridgehead atoms. The number of carbonyl (C=O) groups excluding carboxylic acids is 1. The largest absolute Gasteiger partial charge is 0.331 e. The average molecular weight is 184 g/mol. The standard InChI is InChI=1S/C10H20N2O/c1-8(2)10(6-11(4)5)9(3)12(10)7-13/h7-9H,6H2,1-5H3. The maximum absolute atomic E-state index is 10.8. The molecule has 13 heavy (non-hydrogen) atoms. The summed E-state index contributed by atoms with van der Waals surface area (Å²) in [4.78, 5) is 14.9. The SMILES string of the molecule is CC(C)C1(CN(C)C)C(C)N1C=O. The molecule has 0 aromatic rings. The van der Waals surface area contributed by atoms with Gasteiger partial charge in [-0.05, 0) is 26.9 Å². The van der Waals surface area contributed by atoms with Crippen LogP contribution in [0.2, 0.25) is 0 Å². The molecule has 0 aromatic carbocycles. The molecule has 0 aromatic heterocycles. The Morgan fingerprint density at radius 3 is 2.31 bits per heavy atom. The molecule has 1 heterocycles. The third-order valence-electron chi connectivity index (χ3n) is 3.24. The quantitative estimate of drug-likeness (QED) is 0.476. The summed E-state index contributed by atoms with van der Waals surface area (Å²) in [7, 11) is 4.11. The van der Waals surface area contributed by atoms with Gasteiger partial charge in [-0.3, -0.25) is 4.79 Å². The Bertz CT molecular complexity index is 203. The highest BCUT2D eigenvalue weighted by atomic mass is 16.1. The molecule has 2 unspecified atom stereocenters. The summed E-state index contributed by atoms with van der Waals surface area (Å²) in [6, 6.07) is 0.396. The van der Waals surface area contributed by atoms with Crippen molar-refractivity contribution in [1.82, 2.24) is 9.80 Å². The number of hydrogen-bond acceptors (Lipinski definition) is 2. The van der Waals surface area contributed by atoms with Crippen molar-refractivity contribution < 1.29 is 4.79 Å². The van der Waals surface area contributed by atoms with Crippen molar-refractivity contribution >= 4 is 6.41 Å². The molecular weight excluding hydrogens is 164 g/mol. The summed E-state index contributed by atoms with van der Waals surface area (Å²) in [5.41, 5.74) is 0.0885. The number of hydrogen-bond donors (Lipinski definition) is 0. The first-order valence-electron chi connectivity index (χ1n) is 4.85. The van der Waals surface area contributed by atoms with Crippen LogP contribution in [0.25, 0.3) is 0 Å². The van der Waals surface area contributed by atoms with E-state index in [1.54, 1.807) is 0 Å². The number of likely N-dealkylation sites (N-methyl/N-ethyl adjacent to an activating group) is 1. The van der Waals surface area contributed by atoms with Gasteiger partial charge in [0.15, 0.2) is 0 Å². The van der Waals surface area contributed by atoms with Gasteiger partial charge in [0.2, 0.25) is 6.41 Å². The van der Waals surface area contributed by atoms with Crippen LogP contribution in [0.3, 0.4) is 0 Å². The van der Waals surface area contributed by atoms with E-state index in [-0.39, 0.29) is 5.54 Å². The van der Waals surface area contributed by atoms with Crippen LogP contribution in [0.5, 0.6) is 0 Å². The van der Waals surface area contributed by atoms with E-state index in [0.717, 1.165) is 13.0 Å². The van der Waals surface area contributed by atoms with Gasteiger partial charge in [-0.25, -0.2) is 0 Å². The molecule has 0 N–H and O–H groups in total. The smallest absolute Gasteiger partial charge is 0.210 e. The lowest BCUT2D eigenvalue weighted by Crippen LogP contribution is -2.37. The topological polar surface area (TPSA) is 23.3 Å². The molecule has 3 heteroatoms. The fourth-order valence-corrected chi connectivity index (χ4v) is 2.40. The second-order valence-corrected chi connectivity index (χ2v) is 4.57. The molecule has 76 valence electrons. The lowest BCUT2D eigenvalue weighted by atomic mass is 9.91. The minimum absolute atomic E-state index is 0.0885. The Labute approximate surface area is 80.7 Å². The van der Waals surface area contributed by atoms with E-state index in [1.807, 2.05) is 4.90 Å². The molecule has 1 rings (SSSR count). The molecule has 1 aliphatic heterocycles. The van der Waals surface area contributed by atoms with E-state index >= 15 is 0 Å². The van der Waals surface area contributed by atoms with Gasteiger partial charge in [-0.2, -0.15) is 0 Å². The Hall–Kier alpha value is -0.570. The molecule has 0 aliphatic carbocycles. The van der Waals surface area contributed by atoms with Crippen molar-refractivity contribution in [1.29, 1.82) is 0 Å². The Balaban J connectivity index is 2.74. The van der Waals surface area contributed by atoms with Crippen molar-refractivity contribution in [3.63, 3.8) is 0 Å². The molecule has 1 aliphatic rings. The van der Waals surface area contributed by atoms with Crippen LogP contribution in [0.15, 0.2) is 0 Å². The van der Waals surface area contributed by atoms with E-state index < -0.39 is 0 Å². The lowest BCUT2D eigenvalue weighted by molar-refractivity contribution is -0.115. The summed E-state index contributed by atoms with van der Waals surface area (Å²) in [6.45, 7) is 7.45. The molecule has 1 fully saturated rings. The summed E-state index contributed by atoms with van der Waals surface area (Å²) >= 11 is 0. The predicted molar refractivity (Wildman–Crippen MR) is 53.5 cm³/mol. The fourth-order valence-electron chi connectivity index (χ4n) is 2.40. The van der Waals surface area contributed by atoms with E-state index in [4.69, 9.17) is 0 Å². The van der Waals surface area contributed by atoms with Gasteiger partial charge >= 0.3 is 0 Å². The zero-order chi connectivity index (χ0) is 10.2. The van der Waals surface area contributed by atoms with Gasteiger partial charge in [0.25, 0.3) is 0 Å². The van der Waals surface area contributed by atoms with Crippen LogP contribution in [0, 0.1) is 5.92 Å². The highest BCUT2D eigenvalue weighted by Crippen LogP contribution is 2.45. The first kappa shape index (κ1) is 10.5. The fraction of sp³-hybridized carbons (Fsp3) is 0.900. The molecule has 0 spiro atoms. The van der Waals surface area contributed by atoms with Crippen molar-refractivity contribution in [2.75, 3.05) is 20.6 Å². The summed E-state index contributed by atoms with van der Waals surface area (Å²) in [5, 5.41) is 0. The Morgan fingerprint density at radius 2 is 2.08 bits per heavy atom. The van der Waals surface area contributed by atoms with E-state index in [0.29, 0.717) is 12.0 Å². The molecular formula is C10H20N2O. The van der Waals surface area contributed by atoms with Gasteiger partial charge < -0.3 is 9.80 Å². The van der Waals surface area contributed by atoms with Gasteiger partial charge in [0.1, 0.15) is 0 Å². The second-order valence-electron chi connectivity index (χ2n) is 4.57. The molecule has 3 nitrogen and oxygen atoms in total. The van der Waals surface area contributed by atoms with Crippen LogP contribution in [0.1, 0.15) is 20.8 Å². The predicted octanol–water partition coefficient (Wildman–Crippen LogP) is 0.803. The maximum atomic E-state index is 10.8. The highest BCUT2D eigenvalue weighted by molar-refractivity contribution is 5.57. The summed E-state index contributed by atoms with van der Waals surface area (Å²) in [6.07, 6.45) is 0.980. The molecule has 2 atom stereocenters. The van der Waals surface area contributed by atoms with Crippen LogP contribution in [-0.2, 0) is 4.79 Å². The first-order valence-corrected chi connectivity index (χ1v) is 4.85. The van der Waals surface area contributed by atoms with Crippen molar-refractivity contribution in [3.8, 4) is 0 Å². The minimum Gasteiger partial charge on any atom is -0.331 e. The number of nitrogens with zero attached hydrogens (tertiary/aromatic N) is 2. The monoisotopic (exact) mass is 184 g/mol. The maximum Gasteiger partial charge on any atom is 0.210 e.